The highest BCUT2D eigenvalue weighted by atomic mass is 16.3. The molecule has 1 fully saturated rings. The molecular formula is C19H25NO. The first-order valence-corrected chi connectivity index (χ1v) is 8.20. The summed E-state index contributed by atoms with van der Waals surface area (Å²) >= 11 is 0. The third-order valence-electron chi connectivity index (χ3n) is 4.45. The van der Waals surface area contributed by atoms with E-state index in [-0.39, 0.29) is 0 Å². The number of hydrogen-bond acceptors (Lipinski definition) is 2. The molecule has 2 aromatic rings. The Hall–Kier alpha value is -1.54. The maximum Gasteiger partial charge on any atom is 0.121 e. The molecule has 1 aromatic carbocycles. The molecule has 3 rings (SSSR count). The number of benzene rings is 1. The first-order valence-electron chi connectivity index (χ1n) is 8.20. The van der Waals surface area contributed by atoms with E-state index in [2.05, 4.69) is 61.6 Å². The van der Waals surface area contributed by atoms with E-state index in [0.29, 0.717) is 17.9 Å². The smallest absolute Gasteiger partial charge is 0.121 e. The molecule has 2 heteroatoms. The van der Waals surface area contributed by atoms with E-state index in [0.717, 1.165) is 30.9 Å². The van der Waals surface area contributed by atoms with E-state index in [1.165, 1.54) is 12.0 Å². The Balaban J connectivity index is 1.74. The third kappa shape index (κ3) is 3.21. The average molecular weight is 283 g/mol. The van der Waals surface area contributed by atoms with Crippen molar-refractivity contribution < 1.29 is 4.42 Å². The topological polar surface area (TPSA) is 25.2 Å². The van der Waals surface area contributed by atoms with Gasteiger partial charge in [0.2, 0.25) is 0 Å². The standard InChI is InChI=1S/C19H25NO/c1-3-12-20-19(18-11-10-15(4-2)21-18)17-13-16(17)14-8-6-5-7-9-14/h5-11,16-17,19-20H,3-4,12-13H2,1-2H3. The van der Waals surface area contributed by atoms with Crippen molar-refractivity contribution in [3.05, 3.63) is 59.5 Å². The van der Waals surface area contributed by atoms with E-state index in [1.807, 2.05) is 0 Å². The summed E-state index contributed by atoms with van der Waals surface area (Å²) in [7, 11) is 0. The molecule has 0 amide bonds. The molecule has 1 saturated carbocycles. The summed E-state index contributed by atoms with van der Waals surface area (Å²) in [6.45, 7) is 5.40. The van der Waals surface area contributed by atoms with Crippen LogP contribution in [0, 0.1) is 5.92 Å². The first-order chi connectivity index (χ1) is 10.3. The summed E-state index contributed by atoms with van der Waals surface area (Å²) in [5.41, 5.74) is 1.47. The van der Waals surface area contributed by atoms with Crippen LogP contribution < -0.4 is 5.32 Å². The lowest BCUT2D eigenvalue weighted by molar-refractivity contribution is 0.365. The zero-order chi connectivity index (χ0) is 14.7. The Kier molecular flexibility index (Phi) is 4.45. The summed E-state index contributed by atoms with van der Waals surface area (Å²) in [6, 6.07) is 15.5. The molecule has 0 saturated heterocycles. The van der Waals surface area contributed by atoms with Crippen molar-refractivity contribution >= 4 is 0 Å². The van der Waals surface area contributed by atoms with Crippen LogP contribution >= 0.6 is 0 Å². The first kappa shape index (κ1) is 14.4. The fourth-order valence-electron chi connectivity index (χ4n) is 3.18. The number of hydrogen-bond donors (Lipinski definition) is 1. The fourth-order valence-corrected chi connectivity index (χ4v) is 3.18. The van der Waals surface area contributed by atoms with E-state index in [1.54, 1.807) is 0 Å². The molecule has 1 N–H and O–H groups in total. The Morgan fingerprint density at radius 2 is 1.95 bits per heavy atom. The minimum atomic E-state index is 0.357. The molecule has 1 aliphatic rings. The highest BCUT2D eigenvalue weighted by Gasteiger charge is 2.45. The van der Waals surface area contributed by atoms with E-state index >= 15 is 0 Å². The monoisotopic (exact) mass is 283 g/mol. The molecule has 21 heavy (non-hydrogen) atoms. The largest absolute Gasteiger partial charge is 0.464 e. The normalized spacial score (nSPS) is 22.2. The van der Waals surface area contributed by atoms with Gasteiger partial charge in [-0.05, 0) is 48.9 Å². The second-order valence-corrected chi connectivity index (χ2v) is 6.01. The fraction of sp³-hybridized carbons (Fsp3) is 0.474. The lowest BCUT2D eigenvalue weighted by atomic mass is 10.0. The number of rotatable bonds is 7. The van der Waals surface area contributed by atoms with Crippen LogP contribution in [0.5, 0.6) is 0 Å². The van der Waals surface area contributed by atoms with Gasteiger partial charge in [-0.2, -0.15) is 0 Å². The van der Waals surface area contributed by atoms with Crippen molar-refractivity contribution in [3.63, 3.8) is 0 Å². The lowest BCUT2D eigenvalue weighted by Gasteiger charge is -2.16. The van der Waals surface area contributed by atoms with Gasteiger partial charge in [-0.3, -0.25) is 0 Å². The van der Waals surface area contributed by atoms with Crippen molar-refractivity contribution in [2.24, 2.45) is 5.92 Å². The third-order valence-corrected chi connectivity index (χ3v) is 4.45. The molecular weight excluding hydrogens is 258 g/mol. The van der Waals surface area contributed by atoms with Gasteiger partial charge in [0, 0.05) is 6.42 Å². The molecule has 1 aliphatic carbocycles. The summed E-state index contributed by atoms with van der Waals surface area (Å²) < 4.78 is 6.02. The van der Waals surface area contributed by atoms with Crippen molar-refractivity contribution in [3.8, 4) is 0 Å². The van der Waals surface area contributed by atoms with Gasteiger partial charge in [0.1, 0.15) is 11.5 Å². The van der Waals surface area contributed by atoms with Crippen LogP contribution in [0.1, 0.15) is 55.7 Å². The molecule has 3 unspecified atom stereocenters. The van der Waals surface area contributed by atoms with Crippen LogP contribution in [0.25, 0.3) is 0 Å². The second kappa shape index (κ2) is 6.48. The number of furan rings is 1. The van der Waals surface area contributed by atoms with E-state index in [9.17, 15) is 0 Å². The SMILES string of the molecule is CCCNC(c1ccc(CC)o1)C1CC1c1ccccc1. The summed E-state index contributed by atoms with van der Waals surface area (Å²) in [5, 5.41) is 3.69. The van der Waals surface area contributed by atoms with Gasteiger partial charge in [-0.25, -0.2) is 0 Å². The molecule has 0 radical (unpaired) electrons. The van der Waals surface area contributed by atoms with Crippen LogP contribution in [0.4, 0.5) is 0 Å². The van der Waals surface area contributed by atoms with Gasteiger partial charge < -0.3 is 9.73 Å². The predicted octanol–water partition coefficient (Wildman–Crippen LogP) is 4.69. The average Bonchev–Trinajstić information content (AvgIpc) is 3.17. The predicted molar refractivity (Wildman–Crippen MR) is 86.4 cm³/mol. The molecule has 0 aliphatic heterocycles. The second-order valence-electron chi connectivity index (χ2n) is 6.01. The van der Waals surface area contributed by atoms with Gasteiger partial charge in [-0.15, -0.1) is 0 Å². The minimum Gasteiger partial charge on any atom is -0.464 e. The van der Waals surface area contributed by atoms with Gasteiger partial charge >= 0.3 is 0 Å². The number of nitrogens with one attached hydrogen (secondary N) is 1. The van der Waals surface area contributed by atoms with Gasteiger partial charge in [0.15, 0.2) is 0 Å². The van der Waals surface area contributed by atoms with Crippen LogP contribution in [0.3, 0.4) is 0 Å². The molecule has 3 atom stereocenters. The molecule has 0 spiro atoms. The van der Waals surface area contributed by atoms with Crippen molar-refractivity contribution in [2.75, 3.05) is 6.54 Å². The Morgan fingerprint density at radius 1 is 1.14 bits per heavy atom. The van der Waals surface area contributed by atoms with Crippen molar-refractivity contribution in [1.82, 2.24) is 5.32 Å². The Bertz CT molecular complexity index is 560. The van der Waals surface area contributed by atoms with E-state index in [4.69, 9.17) is 4.42 Å². The molecule has 2 nitrogen and oxygen atoms in total. The molecule has 1 heterocycles. The zero-order valence-electron chi connectivity index (χ0n) is 13.0. The maximum atomic E-state index is 6.02. The molecule has 0 bridgehead atoms. The zero-order valence-corrected chi connectivity index (χ0v) is 13.0. The summed E-state index contributed by atoms with van der Waals surface area (Å²) in [6.07, 6.45) is 3.38. The highest BCUT2D eigenvalue weighted by molar-refractivity contribution is 5.28. The van der Waals surface area contributed by atoms with Crippen LogP contribution in [0.2, 0.25) is 0 Å². The Labute approximate surface area is 127 Å². The minimum absolute atomic E-state index is 0.357. The summed E-state index contributed by atoms with van der Waals surface area (Å²) in [5.74, 6) is 3.54. The van der Waals surface area contributed by atoms with Crippen molar-refractivity contribution in [2.45, 2.75) is 45.1 Å². The van der Waals surface area contributed by atoms with Crippen LogP contribution in [-0.2, 0) is 6.42 Å². The lowest BCUT2D eigenvalue weighted by Crippen LogP contribution is -2.24. The number of aryl methyl sites for hydroxylation is 1. The maximum absolute atomic E-state index is 6.02. The van der Waals surface area contributed by atoms with Crippen LogP contribution in [-0.4, -0.2) is 6.54 Å². The van der Waals surface area contributed by atoms with Gasteiger partial charge in [-0.1, -0.05) is 44.2 Å². The van der Waals surface area contributed by atoms with Gasteiger partial charge in [0.25, 0.3) is 0 Å². The molecule has 1 aromatic heterocycles. The highest BCUT2D eigenvalue weighted by Crippen LogP contribution is 2.54. The van der Waals surface area contributed by atoms with Crippen molar-refractivity contribution in [1.29, 1.82) is 0 Å². The quantitative estimate of drug-likeness (QED) is 0.797. The van der Waals surface area contributed by atoms with Gasteiger partial charge in [0.05, 0.1) is 6.04 Å². The van der Waals surface area contributed by atoms with E-state index < -0.39 is 0 Å². The molecule has 112 valence electrons. The Morgan fingerprint density at radius 3 is 2.62 bits per heavy atom. The summed E-state index contributed by atoms with van der Waals surface area (Å²) in [4.78, 5) is 0. The van der Waals surface area contributed by atoms with Crippen LogP contribution in [0.15, 0.2) is 46.9 Å².